The molecule has 1 N–H and O–H groups in total. The van der Waals surface area contributed by atoms with Crippen LogP contribution in [0.25, 0.3) is 6.08 Å². The average Bonchev–Trinajstić information content (AvgIpc) is 2.67. The molecular weight excluding hydrogens is 342 g/mol. The Balaban J connectivity index is 1.52. The van der Waals surface area contributed by atoms with Crippen molar-refractivity contribution < 1.29 is 14.6 Å². The summed E-state index contributed by atoms with van der Waals surface area (Å²) in [5, 5.41) is 10.8. The molecule has 1 aliphatic rings. The summed E-state index contributed by atoms with van der Waals surface area (Å²) in [6.45, 7) is 6.36. The van der Waals surface area contributed by atoms with Gasteiger partial charge in [-0.1, -0.05) is 42.0 Å². The van der Waals surface area contributed by atoms with Crippen LogP contribution < -0.4 is 4.90 Å². The number of nitrogens with one attached hydrogen (secondary N) is 1. The number of quaternary nitrogens is 1. The summed E-state index contributed by atoms with van der Waals surface area (Å²) in [7, 11) is 0. The van der Waals surface area contributed by atoms with Gasteiger partial charge in [0.1, 0.15) is 6.54 Å². The number of aryl methyl sites for hydroxylation is 1. The number of nitro benzene ring substituents is 1. The Labute approximate surface area is 158 Å². The zero-order chi connectivity index (χ0) is 19.2. The molecule has 1 amide bonds. The van der Waals surface area contributed by atoms with Crippen LogP contribution >= 0.6 is 0 Å². The summed E-state index contributed by atoms with van der Waals surface area (Å²) in [5.41, 5.74) is 3.28. The Morgan fingerprint density at radius 1 is 1.19 bits per heavy atom. The zero-order valence-corrected chi connectivity index (χ0v) is 15.4. The molecule has 0 unspecified atom stereocenters. The van der Waals surface area contributed by atoms with Crippen LogP contribution in [0.15, 0.2) is 54.6 Å². The lowest BCUT2D eigenvalue weighted by molar-refractivity contribution is -0.917. The molecule has 1 heterocycles. The van der Waals surface area contributed by atoms with E-state index in [1.807, 2.05) is 4.90 Å². The van der Waals surface area contributed by atoms with E-state index in [-0.39, 0.29) is 11.6 Å². The average molecular weight is 366 g/mol. The minimum atomic E-state index is -0.435. The summed E-state index contributed by atoms with van der Waals surface area (Å²) in [5.74, 6) is -0.0453. The maximum absolute atomic E-state index is 12.4. The van der Waals surface area contributed by atoms with Crippen LogP contribution in [0.1, 0.15) is 16.7 Å². The molecule has 140 valence electrons. The van der Waals surface area contributed by atoms with Gasteiger partial charge in [-0.05, 0) is 18.6 Å². The smallest absolute Gasteiger partial charge is 0.270 e. The van der Waals surface area contributed by atoms with E-state index in [1.54, 1.807) is 18.2 Å². The van der Waals surface area contributed by atoms with E-state index in [1.165, 1.54) is 34.2 Å². The second-order valence-electron chi connectivity index (χ2n) is 6.93. The standard InChI is InChI=1S/C21H23N3O3/c1-17-4-2-6-19(14-17)16-22-10-12-23(13-11-22)21(25)9-8-18-5-3-7-20(15-18)24(26)27/h2-9,14-15H,10-13,16H2,1H3/p+1/b9-8+. The van der Waals surface area contributed by atoms with Crippen LogP contribution in [-0.2, 0) is 11.3 Å². The lowest BCUT2D eigenvalue weighted by atomic mass is 10.1. The van der Waals surface area contributed by atoms with Gasteiger partial charge < -0.3 is 9.80 Å². The fraction of sp³-hybridized carbons (Fsp3) is 0.286. The first kappa shape index (κ1) is 18.8. The third kappa shape index (κ3) is 5.24. The molecule has 6 heteroatoms. The fourth-order valence-electron chi connectivity index (χ4n) is 3.35. The number of benzene rings is 2. The summed E-state index contributed by atoms with van der Waals surface area (Å²) in [4.78, 5) is 26.1. The van der Waals surface area contributed by atoms with Crippen molar-refractivity contribution in [2.24, 2.45) is 0 Å². The number of non-ortho nitro benzene ring substituents is 1. The number of hydrogen-bond donors (Lipinski definition) is 1. The number of carbonyl (C=O) groups is 1. The number of piperazine rings is 1. The van der Waals surface area contributed by atoms with Gasteiger partial charge >= 0.3 is 0 Å². The van der Waals surface area contributed by atoms with Crippen LogP contribution in [-0.4, -0.2) is 41.9 Å². The summed E-state index contributed by atoms with van der Waals surface area (Å²) >= 11 is 0. The number of nitrogens with zero attached hydrogens (tertiary/aromatic N) is 2. The molecule has 0 atom stereocenters. The van der Waals surface area contributed by atoms with Crippen LogP contribution in [0, 0.1) is 17.0 Å². The Morgan fingerprint density at radius 2 is 1.93 bits per heavy atom. The molecule has 3 rings (SSSR count). The molecule has 0 spiro atoms. The van der Waals surface area contributed by atoms with E-state index < -0.39 is 4.92 Å². The van der Waals surface area contributed by atoms with E-state index >= 15 is 0 Å². The molecule has 1 fully saturated rings. The highest BCUT2D eigenvalue weighted by molar-refractivity contribution is 5.91. The van der Waals surface area contributed by atoms with E-state index in [2.05, 4.69) is 31.2 Å². The maximum Gasteiger partial charge on any atom is 0.270 e. The summed E-state index contributed by atoms with van der Waals surface area (Å²) < 4.78 is 0. The number of rotatable bonds is 5. The predicted molar refractivity (Wildman–Crippen MR) is 104 cm³/mol. The molecular formula is C21H24N3O3+. The number of carbonyl (C=O) groups excluding carboxylic acids is 1. The van der Waals surface area contributed by atoms with Gasteiger partial charge in [0, 0.05) is 23.8 Å². The largest absolute Gasteiger partial charge is 0.328 e. The predicted octanol–water partition coefficient (Wildman–Crippen LogP) is 1.84. The molecule has 1 saturated heterocycles. The molecule has 2 aromatic carbocycles. The van der Waals surface area contributed by atoms with Crippen molar-refractivity contribution in [2.75, 3.05) is 26.2 Å². The van der Waals surface area contributed by atoms with E-state index in [0.717, 1.165) is 32.7 Å². The van der Waals surface area contributed by atoms with Crippen LogP contribution in [0.5, 0.6) is 0 Å². The van der Waals surface area contributed by atoms with Gasteiger partial charge in [0.15, 0.2) is 0 Å². The van der Waals surface area contributed by atoms with Gasteiger partial charge in [-0.25, -0.2) is 0 Å². The fourth-order valence-corrected chi connectivity index (χ4v) is 3.35. The van der Waals surface area contributed by atoms with Crippen molar-refractivity contribution in [1.29, 1.82) is 0 Å². The van der Waals surface area contributed by atoms with Gasteiger partial charge in [-0.3, -0.25) is 14.9 Å². The SMILES string of the molecule is Cc1cccc(C[NH+]2CCN(C(=O)/C=C/c3cccc([N+](=O)[O-])c3)CC2)c1. The molecule has 27 heavy (non-hydrogen) atoms. The molecule has 0 radical (unpaired) electrons. The van der Waals surface area contributed by atoms with Gasteiger partial charge in [-0.15, -0.1) is 0 Å². The number of amides is 1. The zero-order valence-electron chi connectivity index (χ0n) is 15.4. The van der Waals surface area contributed by atoms with E-state index in [0.29, 0.717) is 5.56 Å². The summed E-state index contributed by atoms with van der Waals surface area (Å²) in [6, 6.07) is 14.8. The van der Waals surface area contributed by atoms with Crippen LogP contribution in [0.3, 0.4) is 0 Å². The Hall–Kier alpha value is -2.99. The Bertz CT molecular complexity index is 855. The minimum absolute atomic E-state index is 0.0259. The molecule has 0 saturated carbocycles. The number of hydrogen-bond acceptors (Lipinski definition) is 3. The third-order valence-corrected chi connectivity index (χ3v) is 4.82. The van der Waals surface area contributed by atoms with Crippen LogP contribution in [0.2, 0.25) is 0 Å². The number of nitro groups is 1. The molecule has 0 bridgehead atoms. The first-order valence-electron chi connectivity index (χ1n) is 9.12. The van der Waals surface area contributed by atoms with Gasteiger partial charge in [0.2, 0.25) is 5.91 Å². The lowest BCUT2D eigenvalue weighted by Crippen LogP contribution is -3.13. The highest BCUT2D eigenvalue weighted by Gasteiger charge is 2.22. The topological polar surface area (TPSA) is 67.9 Å². The van der Waals surface area contributed by atoms with Gasteiger partial charge in [-0.2, -0.15) is 0 Å². The van der Waals surface area contributed by atoms with Crippen molar-refractivity contribution in [3.63, 3.8) is 0 Å². The maximum atomic E-state index is 12.4. The second-order valence-corrected chi connectivity index (χ2v) is 6.93. The van der Waals surface area contributed by atoms with Crippen molar-refractivity contribution in [1.82, 2.24) is 4.90 Å². The summed E-state index contributed by atoms with van der Waals surface area (Å²) in [6.07, 6.45) is 3.14. The van der Waals surface area contributed by atoms with Crippen molar-refractivity contribution in [3.05, 3.63) is 81.4 Å². The molecule has 6 nitrogen and oxygen atoms in total. The lowest BCUT2D eigenvalue weighted by Gasteiger charge is -2.31. The third-order valence-electron chi connectivity index (χ3n) is 4.82. The van der Waals surface area contributed by atoms with Gasteiger partial charge in [0.05, 0.1) is 31.1 Å². The van der Waals surface area contributed by atoms with E-state index in [4.69, 9.17) is 0 Å². The van der Waals surface area contributed by atoms with Crippen LogP contribution in [0.4, 0.5) is 5.69 Å². The van der Waals surface area contributed by atoms with E-state index in [9.17, 15) is 14.9 Å². The van der Waals surface area contributed by atoms with Crippen molar-refractivity contribution in [3.8, 4) is 0 Å². The Kier molecular flexibility index (Phi) is 5.98. The monoisotopic (exact) mass is 366 g/mol. The molecule has 0 aliphatic carbocycles. The van der Waals surface area contributed by atoms with Crippen molar-refractivity contribution in [2.45, 2.75) is 13.5 Å². The first-order valence-corrected chi connectivity index (χ1v) is 9.12. The van der Waals surface area contributed by atoms with Crippen molar-refractivity contribution >= 4 is 17.7 Å². The normalized spacial score (nSPS) is 15.2. The van der Waals surface area contributed by atoms with Gasteiger partial charge in [0.25, 0.3) is 5.69 Å². The molecule has 2 aromatic rings. The Morgan fingerprint density at radius 3 is 2.63 bits per heavy atom. The molecule has 1 aliphatic heterocycles. The second kappa shape index (κ2) is 8.60. The minimum Gasteiger partial charge on any atom is -0.328 e. The highest BCUT2D eigenvalue weighted by atomic mass is 16.6. The first-order chi connectivity index (χ1) is 13.0. The molecule has 0 aromatic heterocycles. The highest BCUT2D eigenvalue weighted by Crippen LogP contribution is 2.14. The quantitative estimate of drug-likeness (QED) is 0.499.